The van der Waals surface area contributed by atoms with Crippen LogP contribution in [0.3, 0.4) is 0 Å². The minimum absolute atomic E-state index is 0.251. The normalized spacial score (nSPS) is 32.9. The van der Waals surface area contributed by atoms with Crippen molar-refractivity contribution in [2.75, 3.05) is 0 Å². The fraction of sp³-hybridized carbons (Fsp3) is 0.545. The van der Waals surface area contributed by atoms with Gasteiger partial charge < -0.3 is 10.2 Å². The molecule has 2 rings (SSSR count). The van der Waals surface area contributed by atoms with E-state index in [9.17, 15) is 10.2 Å². The Hall–Kier alpha value is -0.930. The zero-order valence-corrected chi connectivity index (χ0v) is 8.06. The zero-order chi connectivity index (χ0) is 10.0. The van der Waals surface area contributed by atoms with E-state index < -0.39 is 5.60 Å². The highest BCUT2D eigenvalue weighted by atomic mass is 16.3. The van der Waals surface area contributed by atoms with Gasteiger partial charge in [0.1, 0.15) is 5.60 Å². The molecule has 2 N–H and O–H groups in total. The standard InChI is InChI=1S/C11H15NO2/c13-9-4-6-11(14,7-5-9)10-3-1-2-8-12-10/h1-3,8-9,13-14H,4-7H2/t9-,11-. The summed E-state index contributed by atoms with van der Waals surface area (Å²) in [4.78, 5) is 4.17. The molecule has 0 radical (unpaired) electrons. The van der Waals surface area contributed by atoms with Gasteiger partial charge in [0.05, 0.1) is 11.8 Å². The van der Waals surface area contributed by atoms with Crippen LogP contribution in [0.4, 0.5) is 0 Å². The van der Waals surface area contributed by atoms with Gasteiger partial charge in [0.25, 0.3) is 0 Å². The predicted molar refractivity (Wildman–Crippen MR) is 52.6 cm³/mol. The van der Waals surface area contributed by atoms with E-state index in [1.165, 1.54) is 0 Å². The molecular weight excluding hydrogens is 178 g/mol. The minimum Gasteiger partial charge on any atom is -0.393 e. The van der Waals surface area contributed by atoms with Crippen LogP contribution in [0, 0.1) is 0 Å². The van der Waals surface area contributed by atoms with Crippen molar-refractivity contribution in [1.29, 1.82) is 0 Å². The van der Waals surface area contributed by atoms with Crippen molar-refractivity contribution in [3.8, 4) is 0 Å². The van der Waals surface area contributed by atoms with Gasteiger partial charge in [-0.2, -0.15) is 0 Å². The first-order valence-corrected chi connectivity index (χ1v) is 5.03. The smallest absolute Gasteiger partial charge is 0.107 e. The van der Waals surface area contributed by atoms with Crippen molar-refractivity contribution in [3.63, 3.8) is 0 Å². The molecule has 1 aliphatic rings. The molecule has 1 aromatic rings. The Bertz CT molecular complexity index is 291. The van der Waals surface area contributed by atoms with E-state index >= 15 is 0 Å². The summed E-state index contributed by atoms with van der Waals surface area (Å²) in [6.45, 7) is 0. The lowest BCUT2D eigenvalue weighted by Crippen LogP contribution is -2.33. The van der Waals surface area contributed by atoms with E-state index in [0.29, 0.717) is 25.7 Å². The number of rotatable bonds is 1. The third-order valence-corrected chi connectivity index (χ3v) is 2.92. The number of pyridine rings is 1. The van der Waals surface area contributed by atoms with Gasteiger partial charge in [-0.25, -0.2) is 0 Å². The Kier molecular flexibility index (Phi) is 2.52. The van der Waals surface area contributed by atoms with Gasteiger partial charge >= 0.3 is 0 Å². The van der Waals surface area contributed by atoms with Gasteiger partial charge in [-0.3, -0.25) is 4.98 Å². The van der Waals surface area contributed by atoms with E-state index in [4.69, 9.17) is 0 Å². The van der Waals surface area contributed by atoms with Gasteiger partial charge in [0.2, 0.25) is 0 Å². The highest BCUT2D eigenvalue weighted by Gasteiger charge is 2.35. The number of hydrogen-bond donors (Lipinski definition) is 2. The van der Waals surface area contributed by atoms with Crippen LogP contribution in [-0.2, 0) is 5.60 Å². The molecule has 0 amide bonds. The summed E-state index contributed by atoms with van der Waals surface area (Å²) in [5.41, 5.74) is -0.0903. The summed E-state index contributed by atoms with van der Waals surface area (Å²) in [5, 5.41) is 19.6. The van der Waals surface area contributed by atoms with Crippen molar-refractivity contribution in [1.82, 2.24) is 4.98 Å². The number of aliphatic hydroxyl groups excluding tert-OH is 1. The van der Waals surface area contributed by atoms with Crippen LogP contribution in [0.1, 0.15) is 31.4 Å². The highest BCUT2D eigenvalue weighted by molar-refractivity contribution is 5.13. The monoisotopic (exact) mass is 193 g/mol. The Balaban J connectivity index is 2.17. The molecule has 0 aliphatic heterocycles. The van der Waals surface area contributed by atoms with Crippen molar-refractivity contribution >= 4 is 0 Å². The number of hydrogen-bond acceptors (Lipinski definition) is 3. The number of aromatic nitrogens is 1. The third-order valence-electron chi connectivity index (χ3n) is 2.92. The Labute approximate surface area is 83.4 Å². The lowest BCUT2D eigenvalue weighted by molar-refractivity contribution is -0.0391. The molecule has 3 heteroatoms. The molecule has 1 fully saturated rings. The topological polar surface area (TPSA) is 53.4 Å². The first-order chi connectivity index (χ1) is 6.71. The van der Waals surface area contributed by atoms with E-state index in [0.717, 1.165) is 5.69 Å². The molecule has 3 nitrogen and oxygen atoms in total. The van der Waals surface area contributed by atoms with Crippen molar-refractivity contribution in [3.05, 3.63) is 30.1 Å². The van der Waals surface area contributed by atoms with Crippen LogP contribution in [0.25, 0.3) is 0 Å². The molecule has 0 aromatic carbocycles. The second-order valence-electron chi connectivity index (χ2n) is 3.98. The van der Waals surface area contributed by atoms with Crippen molar-refractivity contribution in [2.24, 2.45) is 0 Å². The first-order valence-electron chi connectivity index (χ1n) is 5.03. The second-order valence-corrected chi connectivity index (χ2v) is 3.98. The van der Waals surface area contributed by atoms with Crippen LogP contribution in [0.5, 0.6) is 0 Å². The lowest BCUT2D eigenvalue weighted by atomic mass is 9.81. The van der Waals surface area contributed by atoms with E-state index in [1.54, 1.807) is 6.20 Å². The Morgan fingerprint density at radius 3 is 2.57 bits per heavy atom. The molecule has 0 atom stereocenters. The molecular formula is C11H15NO2. The van der Waals surface area contributed by atoms with Gasteiger partial charge in [-0.1, -0.05) is 6.07 Å². The second kappa shape index (κ2) is 3.67. The first kappa shape index (κ1) is 9.62. The molecule has 0 unspecified atom stereocenters. The van der Waals surface area contributed by atoms with E-state index in [2.05, 4.69) is 4.98 Å². The SMILES string of the molecule is O[C@H]1CC[C@@](O)(c2ccccn2)CC1. The number of aliphatic hydroxyl groups is 2. The molecule has 1 aromatic heterocycles. The van der Waals surface area contributed by atoms with E-state index in [-0.39, 0.29) is 6.10 Å². The lowest BCUT2D eigenvalue weighted by Gasteiger charge is -2.33. The largest absolute Gasteiger partial charge is 0.393 e. The summed E-state index contributed by atoms with van der Waals surface area (Å²) >= 11 is 0. The average molecular weight is 193 g/mol. The third kappa shape index (κ3) is 1.79. The van der Waals surface area contributed by atoms with Gasteiger partial charge in [0, 0.05) is 6.20 Å². The fourth-order valence-corrected chi connectivity index (χ4v) is 1.97. The summed E-state index contributed by atoms with van der Waals surface area (Å²) in [7, 11) is 0. The van der Waals surface area contributed by atoms with Crippen LogP contribution < -0.4 is 0 Å². The minimum atomic E-state index is -0.819. The molecule has 0 bridgehead atoms. The van der Waals surface area contributed by atoms with Crippen LogP contribution in [0.15, 0.2) is 24.4 Å². The predicted octanol–water partition coefficient (Wildman–Crippen LogP) is 1.20. The average Bonchev–Trinajstić information content (AvgIpc) is 2.24. The summed E-state index contributed by atoms with van der Waals surface area (Å²) in [6, 6.07) is 5.56. The maximum absolute atomic E-state index is 10.3. The van der Waals surface area contributed by atoms with Gasteiger partial charge in [-0.15, -0.1) is 0 Å². The summed E-state index contributed by atoms with van der Waals surface area (Å²) in [5.74, 6) is 0. The quantitative estimate of drug-likeness (QED) is 0.704. The molecule has 1 heterocycles. The summed E-state index contributed by atoms with van der Waals surface area (Å²) < 4.78 is 0. The Morgan fingerprint density at radius 1 is 1.29 bits per heavy atom. The van der Waals surface area contributed by atoms with Crippen LogP contribution in [-0.4, -0.2) is 21.3 Å². The van der Waals surface area contributed by atoms with Crippen LogP contribution in [0.2, 0.25) is 0 Å². The molecule has 1 aliphatic carbocycles. The molecule has 0 spiro atoms. The molecule has 0 saturated heterocycles. The highest BCUT2D eigenvalue weighted by Crippen LogP contribution is 2.35. The van der Waals surface area contributed by atoms with Crippen molar-refractivity contribution in [2.45, 2.75) is 37.4 Å². The van der Waals surface area contributed by atoms with Crippen LogP contribution >= 0.6 is 0 Å². The van der Waals surface area contributed by atoms with Crippen molar-refractivity contribution < 1.29 is 10.2 Å². The Morgan fingerprint density at radius 2 is 2.00 bits per heavy atom. The van der Waals surface area contributed by atoms with Gasteiger partial charge in [0.15, 0.2) is 0 Å². The fourth-order valence-electron chi connectivity index (χ4n) is 1.97. The molecule has 1 saturated carbocycles. The maximum atomic E-state index is 10.3. The maximum Gasteiger partial charge on any atom is 0.107 e. The number of nitrogens with zero attached hydrogens (tertiary/aromatic N) is 1. The van der Waals surface area contributed by atoms with E-state index in [1.807, 2.05) is 18.2 Å². The zero-order valence-electron chi connectivity index (χ0n) is 8.06. The van der Waals surface area contributed by atoms with Gasteiger partial charge in [-0.05, 0) is 37.8 Å². The summed E-state index contributed by atoms with van der Waals surface area (Å²) in [6.07, 6.45) is 3.97. The molecule has 76 valence electrons. The molecule has 14 heavy (non-hydrogen) atoms.